The quantitative estimate of drug-likeness (QED) is 0.534. The predicted octanol–water partition coefficient (Wildman–Crippen LogP) is 4.80. The van der Waals surface area contributed by atoms with Gasteiger partial charge in [0, 0.05) is 22.7 Å². The van der Waals surface area contributed by atoms with E-state index in [1.165, 1.54) is 6.92 Å². The molecule has 0 unspecified atom stereocenters. The van der Waals surface area contributed by atoms with Crippen molar-refractivity contribution in [3.63, 3.8) is 0 Å². The van der Waals surface area contributed by atoms with E-state index in [2.05, 4.69) is 5.32 Å². The van der Waals surface area contributed by atoms with Crippen molar-refractivity contribution in [1.29, 1.82) is 0 Å². The van der Waals surface area contributed by atoms with Crippen LogP contribution >= 0.6 is 11.6 Å². The summed E-state index contributed by atoms with van der Waals surface area (Å²) in [5, 5.41) is 3.23. The van der Waals surface area contributed by atoms with Crippen LogP contribution in [0, 0.1) is 20.8 Å². The Morgan fingerprint density at radius 2 is 1.79 bits per heavy atom. The Hall–Kier alpha value is -2.66. The highest BCUT2D eigenvalue weighted by Gasteiger charge is 2.20. The van der Waals surface area contributed by atoms with Gasteiger partial charge in [0.2, 0.25) is 0 Å². The van der Waals surface area contributed by atoms with Gasteiger partial charge in [0.05, 0.1) is 6.42 Å². The standard InChI is InChI=1S/C22H24ClNO4/c1-13-8-9-14(2)17(12-13)20(25)10-11-21(26)28-16(4)22(27)24-19-7-5-6-18(23)15(19)3/h5-9,12,16H,10-11H2,1-4H3,(H,24,27)/t16-/m0/s1. The van der Waals surface area contributed by atoms with Crippen LogP contribution in [0.4, 0.5) is 5.69 Å². The van der Waals surface area contributed by atoms with Gasteiger partial charge in [-0.3, -0.25) is 14.4 Å². The number of aryl methyl sites for hydroxylation is 2. The van der Waals surface area contributed by atoms with E-state index < -0.39 is 18.0 Å². The number of carbonyl (C=O) groups excluding carboxylic acids is 3. The Balaban J connectivity index is 1.88. The van der Waals surface area contributed by atoms with Crippen LogP contribution < -0.4 is 5.32 Å². The Kier molecular flexibility index (Phi) is 7.35. The Morgan fingerprint density at radius 1 is 1.07 bits per heavy atom. The predicted molar refractivity (Wildman–Crippen MR) is 110 cm³/mol. The molecule has 2 aromatic carbocycles. The van der Waals surface area contributed by atoms with Crippen LogP contribution in [0.15, 0.2) is 36.4 Å². The number of ether oxygens (including phenoxy) is 1. The Labute approximate surface area is 170 Å². The molecule has 0 aliphatic rings. The molecule has 0 bridgehead atoms. The molecule has 0 fully saturated rings. The lowest BCUT2D eigenvalue weighted by Gasteiger charge is -2.15. The SMILES string of the molecule is Cc1ccc(C)c(C(=O)CCC(=O)O[C@@H](C)C(=O)Nc2cccc(Cl)c2C)c1. The van der Waals surface area contributed by atoms with Gasteiger partial charge < -0.3 is 10.1 Å². The van der Waals surface area contributed by atoms with Crippen molar-refractivity contribution < 1.29 is 19.1 Å². The van der Waals surface area contributed by atoms with Crippen molar-refractivity contribution in [2.45, 2.75) is 46.6 Å². The molecule has 0 saturated heterocycles. The topological polar surface area (TPSA) is 72.5 Å². The van der Waals surface area contributed by atoms with Gasteiger partial charge in [-0.05, 0) is 57.0 Å². The molecule has 1 N–H and O–H groups in total. The molecule has 1 amide bonds. The van der Waals surface area contributed by atoms with Crippen LogP contribution in [0.2, 0.25) is 5.02 Å². The first-order valence-corrected chi connectivity index (χ1v) is 9.42. The molecule has 0 heterocycles. The number of hydrogen-bond acceptors (Lipinski definition) is 4. The first-order valence-electron chi connectivity index (χ1n) is 9.05. The average Bonchev–Trinajstić information content (AvgIpc) is 2.65. The van der Waals surface area contributed by atoms with E-state index in [1.54, 1.807) is 25.1 Å². The zero-order valence-electron chi connectivity index (χ0n) is 16.5. The van der Waals surface area contributed by atoms with Crippen molar-refractivity contribution in [3.8, 4) is 0 Å². The van der Waals surface area contributed by atoms with E-state index >= 15 is 0 Å². The maximum Gasteiger partial charge on any atom is 0.307 e. The summed E-state index contributed by atoms with van der Waals surface area (Å²) in [6, 6.07) is 10.8. The molecule has 1 atom stereocenters. The van der Waals surface area contributed by atoms with Crippen LogP contribution in [0.1, 0.15) is 46.8 Å². The highest BCUT2D eigenvalue weighted by molar-refractivity contribution is 6.31. The van der Waals surface area contributed by atoms with Crippen molar-refractivity contribution in [2.24, 2.45) is 0 Å². The summed E-state index contributed by atoms with van der Waals surface area (Å²) in [7, 11) is 0. The fraction of sp³-hybridized carbons (Fsp3) is 0.318. The number of nitrogens with one attached hydrogen (secondary N) is 1. The average molecular weight is 402 g/mol. The molecule has 0 aromatic heterocycles. The molecule has 148 valence electrons. The number of ketones is 1. The van der Waals surface area contributed by atoms with E-state index in [9.17, 15) is 14.4 Å². The van der Waals surface area contributed by atoms with Crippen molar-refractivity contribution >= 4 is 34.9 Å². The molecule has 2 rings (SSSR count). The minimum atomic E-state index is -0.985. The van der Waals surface area contributed by atoms with E-state index in [1.807, 2.05) is 32.0 Å². The van der Waals surface area contributed by atoms with Crippen LogP contribution in [0.25, 0.3) is 0 Å². The van der Waals surface area contributed by atoms with Gasteiger partial charge in [-0.1, -0.05) is 35.4 Å². The fourth-order valence-electron chi connectivity index (χ4n) is 2.67. The van der Waals surface area contributed by atoms with Gasteiger partial charge in [-0.25, -0.2) is 0 Å². The molecule has 2 aromatic rings. The number of halogens is 1. The number of Topliss-reactive ketones (excluding diaryl/α,β-unsaturated/α-hetero) is 1. The van der Waals surface area contributed by atoms with E-state index in [0.717, 1.165) is 16.7 Å². The molecular weight excluding hydrogens is 378 g/mol. The monoisotopic (exact) mass is 401 g/mol. The number of amides is 1. The lowest BCUT2D eigenvalue weighted by molar-refractivity contribution is -0.153. The summed E-state index contributed by atoms with van der Waals surface area (Å²) >= 11 is 6.03. The summed E-state index contributed by atoms with van der Waals surface area (Å²) in [5.74, 6) is -1.17. The van der Waals surface area contributed by atoms with Crippen molar-refractivity contribution in [2.75, 3.05) is 5.32 Å². The number of anilines is 1. The molecule has 0 spiro atoms. The van der Waals surface area contributed by atoms with Gasteiger partial charge in [0.25, 0.3) is 5.91 Å². The summed E-state index contributed by atoms with van der Waals surface area (Å²) in [6.07, 6.45) is -1.04. The maximum absolute atomic E-state index is 12.4. The minimum Gasteiger partial charge on any atom is -0.453 e. The third kappa shape index (κ3) is 5.67. The number of benzene rings is 2. The minimum absolute atomic E-state index is 0.0326. The van der Waals surface area contributed by atoms with Crippen molar-refractivity contribution in [3.05, 3.63) is 63.7 Å². The van der Waals surface area contributed by atoms with E-state index in [4.69, 9.17) is 16.3 Å². The largest absolute Gasteiger partial charge is 0.453 e. The van der Waals surface area contributed by atoms with Gasteiger partial charge >= 0.3 is 5.97 Å². The van der Waals surface area contributed by atoms with Crippen LogP contribution in [0.5, 0.6) is 0 Å². The van der Waals surface area contributed by atoms with E-state index in [-0.39, 0.29) is 18.6 Å². The third-order valence-electron chi connectivity index (χ3n) is 4.45. The normalized spacial score (nSPS) is 11.6. The van der Waals surface area contributed by atoms with Gasteiger partial charge in [-0.2, -0.15) is 0 Å². The van der Waals surface area contributed by atoms with E-state index in [0.29, 0.717) is 16.3 Å². The highest BCUT2D eigenvalue weighted by atomic mass is 35.5. The Morgan fingerprint density at radius 3 is 2.50 bits per heavy atom. The zero-order valence-corrected chi connectivity index (χ0v) is 17.2. The summed E-state index contributed by atoms with van der Waals surface area (Å²) in [4.78, 5) is 36.7. The van der Waals surface area contributed by atoms with Crippen LogP contribution in [0.3, 0.4) is 0 Å². The Bertz CT molecular complexity index is 907. The molecule has 0 aliphatic heterocycles. The van der Waals surface area contributed by atoms with Crippen molar-refractivity contribution in [1.82, 2.24) is 0 Å². The van der Waals surface area contributed by atoms with Crippen LogP contribution in [-0.2, 0) is 14.3 Å². The summed E-state index contributed by atoms with van der Waals surface area (Å²) in [6.45, 7) is 7.04. The second-order valence-electron chi connectivity index (χ2n) is 6.78. The maximum atomic E-state index is 12.4. The highest BCUT2D eigenvalue weighted by Crippen LogP contribution is 2.23. The first kappa shape index (κ1) is 21.6. The molecule has 28 heavy (non-hydrogen) atoms. The molecule has 5 nitrogen and oxygen atoms in total. The third-order valence-corrected chi connectivity index (χ3v) is 4.86. The van der Waals surface area contributed by atoms with Gasteiger partial charge in [0.15, 0.2) is 11.9 Å². The summed E-state index contributed by atoms with van der Waals surface area (Å²) in [5.41, 5.74) is 3.75. The lowest BCUT2D eigenvalue weighted by atomic mass is 9.99. The first-order chi connectivity index (χ1) is 13.2. The number of rotatable bonds is 7. The number of esters is 1. The van der Waals surface area contributed by atoms with Gasteiger partial charge in [0.1, 0.15) is 0 Å². The van der Waals surface area contributed by atoms with Crippen LogP contribution in [-0.4, -0.2) is 23.8 Å². The molecule has 0 radical (unpaired) electrons. The fourth-order valence-corrected chi connectivity index (χ4v) is 2.85. The molecular formula is C22H24ClNO4. The second-order valence-corrected chi connectivity index (χ2v) is 7.18. The molecule has 6 heteroatoms. The molecule has 0 saturated carbocycles. The smallest absolute Gasteiger partial charge is 0.307 e. The number of carbonyl (C=O) groups is 3. The zero-order chi connectivity index (χ0) is 20.8. The summed E-state index contributed by atoms with van der Waals surface area (Å²) < 4.78 is 5.16. The second kappa shape index (κ2) is 9.51. The lowest BCUT2D eigenvalue weighted by Crippen LogP contribution is -2.30. The number of hydrogen-bond donors (Lipinski definition) is 1. The van der Waals surface area contributed by atoms with Gasteiger partial charge in [-0.15, -0.1) is 0 Å². The molecule has 0 aliphatic carbocycles.